The number of para-hydroxylation sites is 1. The molecule has 1 N–H and O–H groups in total. The van der Waals surface area contributed by atoms with Crippen LogP contribution in [0.5, 0.6) is 11.5 Å². The lowest BCUT2D eigenvalue weighted by molar-refractivity contribution is -0.0974. The maximum atomic E-state index is 13.9. The van der Waals surface area contributed by atoms with Crippen molar-refractivity contribution in [2.45, 2.75) is 19.2 Å². The van der Waals surface area contributed by atoms with Crippen molar-refractivity contribution in [1.82, 2.24) is 19.5 Å². The molecule has 0 saturated carbocycles. The van der Waals surface area contributed by atoms with E-state index in [0.29, 0.717) is 41.6 Å². The number of hydrogen-bond acceptors (Lipinski definition) is 7. The van der Waals surface area contributed by atoms with Gasteiger partial charge in [-0.25, -0.2) is 4.98 Å². The number of hydrogen-bond donors (Lipinski definition) is 1. The minimum absolute atomic E-state index is 0.152. The fourth-order valence-electron chi connectivity index (χ4n) is 2.94. The van der Waals surface area contributed by atoms with Crippen molar-refractivity contribution in [1.29, 1.82) is 0 Å². The van der Waals surface area contributed by atoms with E-state index in [1.807, 2.05) is 18.2 Å². The molecule has 3 aromatic rings. The number of anilines is 1. The van der Waals surface area contributed by atoms with Crippen LogP contribution in [-0.2, 0) is 11.3 Å². The number of nitrogens with zero attached hydrogens (tertiary/aromatic N) is 4. The average Bonchev–Trinajstić information content (AvgIpc) is 3.01. The fourth-order valence-corrected chi connectivity index (χ4v) is 2.94. The van der Waals surface area contributed by atoms with Gasteiger partial charge in [0.1, 0.15) is 6.23 Å². The molecule has 0 radical (unpaired) electrons. The molecule has 0 amide bonds. The first-order valence-corrected chi connectivity index (χ1v) is 8.16. The lowest BCUT2D eigenvalue weighted by Crippen LogP contribution is -2.24. The van der Waals surface area contributed by atoms with E-state index in [2.05, 4.69) is 20.3 Å². The van der Waals surface area contributed by atoms with Gasteiger partial charge in [-0.15, -0.1) is 0 Å². The molecule has 0 bridgehead atoms. The molecule has 1 atom stereocenters. The standard InChI is InChI=1S/C17H18FN5O3/c1-24-11-5-3-4-10(14(11)25-2)8-19-15-13-16(22-17(18)21-15)23(9-20-13)12-6-7-26-12/h3-5,9,12H,6-8H2,1-2H3,(H,19,21,22). The third kappa shape index (κ3) is 2.80. The summed E-state index contributed by atoms with van der Waals surface area (Å²) < 4.78 is 31.8. The summed E-state index contributed by atoms with van der Waals surface area (Å²) in [5, 5.41) is 3.12. The Bertz CT molecular complexity index is 942. The van der Waals surface area contributed by atoms with Gasteiger partial charge in [0.05, 0.1) is 27.2 Å². The zero-order chi connectivity index (χ0) is 18.1. The lowest BCUT2D eigenvalue weighted by atomic mass is 10.2. The van der Waals surface area contributed by atoms with Crippen LogP contribution in [0.3, 0.4) is 0 Å². The zero-order valence-corrected chi connectivity index (χ0v) is 14.4. The highest BCUT2D eigenvalue weighted by atomic mass is 19.1. The summed E-state index contributed by atoms with van der Waals surface area (Å²) in [7, 11) is 3.15. The van der Waals surface area contributed by atoms with Crippen LogP contribution in [0.25, 0.3) is 11.2 Å². The van der Waals surface area contributed by atoms with Gasteiger partial charge >= 0.3 is 6.08 Å². The summed E-state index contributed by atoms with van der Waals surface area (Å²) >= 11 is 0. The number of fused-ring (bicyclic) bond motifs is 1. The van der Waals surface area contributed by atoms with E-state index in [1.54, 1.807) is 25.1 Å². The summed E-state index contributed by atoms with van der Waals surface area (Å²) in [6.07, 6.45) is 1.47. The molecule has 1 aliphatic heterocycles. The van der Waals surface area contributed by atoms with Crippen molar-refractivity contribution < 1.29 is 18.6 Å². The lowest BCUT2D eigenvalue weighted by Gasteiger charge is -2.27. The first kappa shape index (κ1) is 16.5. The molecule has 1 aromatic carbocycles. The highest BCUT2D eigenvalue weighted by Gasteiger charge is 2.24. The van der Waals surface area contributed by atoms with Gasteiger partial charge in [-0.3, -0.25) is 4.57 Å². The molecule has 9 heteroatoms. The summed E-state index contributed by atoms with van der Waals surface area (Å²) in [5.74, 6) is 1.55. The number of imidazole rings is 1. The average molecular weight is 359 g/mol. The summed E-state index contributed by atoms with van der Waals surface area (Å²) in [5.41, 5.74) is 1.74. The van der Waals surface area contributed by atoms with Crippen LogP contribution in [0, 0.1) is 6.08 Å². The molecule has 26 heavy (non-hydrogen) atoms. The second-order valence-electron chi connectivity index (χ2n) is 5.79. The fraction of sp³-hybridized carbons (Fsp3) is 0.353. The molecule has 4 rings (SSSR count). The van der Waals surface area contributed by atoms with E-state index in [4.69, 9.17) is 14.2 Å². The number of nitrogens with one attached hydrogen (secondary N) is 1. The Morgan fingerprint density at radius 1 is 1.31 bits per heavy atom. The van der Waals surface area contributed by atoms with Crippen molar-refractivity contribution in [2.75, 3.05) is 26.1 Å². The number of rotatable bonds is 6. The SMILES string of the molecule is COc1cccc(CNc2nc(F)nc3c2ncn3C2CCO2)c1OC. The van der Waals surface area contributed by atoms with E-state index in [9.17, 15) is 4.39 Å². The largest absolute Gasteiger partial charge is 0.493 e. The first-order valence-electron chi connectivity index (χ1n) is 8.16. The molecule has 8 nitrogen and oxygen atoms in total. The van der Waals surface area contributed by atoms with Crippen LogP contribution in [-0.4, -0.2) is 40.3 Å². The maximum absolute atomic E-state index is 13.9. The van der Waals surface area contributed by atoms with Crippen molar-refractivity contribution in [3.8, 4) is 11.5 Å². The molecule has 3 heterocycles. The Morgan fingerprint density at radius 2 is 2.15 bits per heavy atom. The van der Waals surface area contributed by atoms with Crippen LogP contribution in [0.2, 0.25) is 0 Å². The van der Waals surface area contributed by atoms with Crippen LogP contribution in [0.4, 0.5) is 10.2 Å². The van der Waals surface area contributed by atoms with E-state index in [1.165, 1.54) is 0 Å². The van der Waals surface area contributed by atoms with E-state index < -0.39 is 6.08 Å². The van der Waals surface area contributed by atoms with Gasteiger partial charge in [-0.1, -0.05) is 12.1 Å². The number of methoxy groups -OCH3 is 2. The van der Waals surface area contributed by atoms with Crippen molar-refractivity contribution in [2.24, 2.45) is 0 Å². The number of aromatic nitrogens is 4. The molecule has 1 aliphatic rings. The third-order valence-electron chi connectivity index (χ3n) is 4.31. The quantitative estimate of drug-likeness (QED) is 0.677. The molecule has 1 saturated heterocycles. The second kappa shape index (κ2) is 6.75. The maximum Gasteiger partial charge on any atom is 0.312 e. The predicted octanol–water partition coefficient (Wildman–Crippen LogP) is 2.51. The monoisotopic (exact) mass is 359 g/mol. The molecule has 1 fully saturated rings. The van der Waals surface area contributed by atoms with Crippen LogP contribution in [0.1, 0.15) is 18.2 Å². The minimum atomic E-state index is -0.821. The second-order valence-corrected chi connectivity index (χ2v) is 5.79. The highest BCUT2D eigenvalue weighted by Crippen LogP contribution is 2.32. The predicted molar refractivity (Wildman–Crippen MR) is 91.8 cm³/mol. The van der Waals surface area contributed by atoms with Gasteiger partial charge in [-0.2, -0.15) is 14.4 Å². The number of halogens is 1. The highest BCUT2D eigenvalue weighted by molar-refractivity contribution is 5.82. The summed E-state index contributed by atoms with van der Waals surface area (Å²) in [4.78, 5) is 12.1. The Morgan fingerprint density at radius 3 is 2.85 bits per heavy atom. The van der Waals surface area contributed by atoms with E-state index >= 15 is 0 Å². The van der Waals surface area contributed by atoms with Crippen molar-refractivity contribution in [3.63, 3.8) is 0 Å². The van der Waals surface area contributed by atoms with Crippen LogP contribution >= 0.6 is 0 Å². The van der Waals surface area contributed by atoms with Gasteiger partial charge in [0.2, 0.25) is 0 Å². The molecular weight excluding hydrogens is 341 g/mol. The third-order valence-corrected chi connectivity index (χ3v) is 4.31. The normalized spacial score (nSPS) is 16.3. The molecule has 136 valence electrons. The summed E-state index contributed by atoms with van der Waals surface area (Å²) in [6, 6.07) is 5.56. The van der Waals surface area contributed by atoms with E-state index in [-0.39, 0.29) is 6.23 Å². The molecular formula is C17H18FN5O3. The van der Waals surface area contributed by atoms with Crippen molar-refractivity contribution >= 4 is 17.0 Å². The number of benzene rings is 1. The van der Waals surface area contributed by atoms with Gasteiger partial charge in [-0.05, 0) is 6.07 Å². The smallest absolute Gasteiger partial charge is 0.312 e. The Hall–Kier alpha value is -2.94. The van der Waals surface area contributed by atoms with Gasteiger partial charge < -0.3 is 19.5 Å². The summed E-state index contributed by atoms with van der Waals surface area (Å²) in [6.45, 7) is 1.04. The van der Waals surface area contributed by atoms with E-state index in [0.717, 1.165) is 12.0 Å². The van der Waals surface area contributed by atoms with Gasteiger partial charge in [0.15, 0.2) is 28.5 Å². The Kier molecular flexibility index (Phi) is 4.29. The zero-order valence-electron chi connectivity index (χ0n) is 14.4. The van der Waals surface area contributed by atoms with Crippen LogP contribution < -0.4 is 14.8 Å². The van der Waals surface area contributed by atoms with Crippen LogP contribution in [0.15, 0.2) is 24.5 Å². The molecule has 0 spiro atoms. The number of ether oxygens (including phenoxy) is 3. The minimum Gasteiger partial charge on any atom is -0.493 e. The van der Waals surface area contributed by atoms with Gasteiger partial charge in [0, 0.05) is 18.5 Å². The first-order chi connectivity index (χ1) is 12.7. The molecule has 1 unspecified atom stereocenters. The van der Waals surface area contributed by atoms with Crippen molar-refractivity contribution in [3.05, 3.63) is 36.2 Å². The van der Waals surface area contributed by atoms with Gasteiger partial charge in [0.25, 0.3) is 0 Å². The Balaban J connectivity index is 1.65. The molecule has 0 aliphatic carbocycles. The molecule has 2 aromatic heterocycles. The Labute approximate surface area is 148 Å². The topological polar surface area (TPSA) is 83.3 Å².